The Morgan fingerprint density at radius 3 is 2.48 bits per heavy atom. The van der Waals surface area contributed by atoms with Gasteiger partial charge in [-0.3, -0.25) is 9.89 Å². The van der Waals surface area contributed by atoms with E-state index in [0.29, 0.717) is 19.0 Å². The van der Waals surface area contributed by atoms with Gasteiger partial charge in [0, 0.05) is 46.0 Å². The summed E-state index contributed by atoms with van der Waals surface area (Å²) in [5, 5.41) is 6.62. The second kappa shape index (κ2) is 12.7. The van der Waals surface area contributed by atoms with Gasteiger partial charge in [0.25, 0.3) is 0 Å². The third-order valence-electron chi connectivity index (χ3n) is 4.48. The van der Waals surface area contributed by atoms with Crippen molar-refractivity contribution in [2.45, 2.75) is 32.2 Å². The minimum Gasteiger partial charge on any atom is -0.374 e. The highest BCUT2D eigenvalue weighted by atomic mass is 127. The summed E-state index contributed by atoms with van der Waals surface area (Å²) in [7, 11) is -1.26. The van der Waals surface area contributed by atoms with Gasteiger partial charge in [0.05, 0.1) is 18.5 Å². The second-order valence-electron chi connectivity index (χ2n) is 7.84. The molecule has 29 heavy (non-hydrogen) atoms. The molecule has 1 aromatic carbocycles. The van der Waals surface area contributed by atoms with Gasteiger partial charge >= 0.3 is 0 Å². The minimum absolute atomic E-state index is 0. The van der Waals surface area contributed by atoms with Crippen LogP contribution in [-0.2, 0) is 26.9 Å². The molecule has 0 spiro atoms. The first-order valence-electron chi connectivity index (χ1n) is 9.79. The predicted molar refractivity (Wildman–Crippen MR) is 130 cm³/mol. The van der Waals surface area contributed by atoms with Crippen LogP contribution < -0.4 is 10.6 Å². The number of ether oxygens (including phenoxy) is 1. The van der Waals surface area contributed by atoms with Crippen LogP contribution in [-0.4, -0.2) is 71.5 Å². The summed E-state index contributed by atoms with van der Waals surface area (Å²) in [6, 6.07) is 7.59. The molecule has 0 amide bonds. The van der Waals surface area contributed by atoms with Crippen LogP contribution in [0.2, 0.25) is 0 Å². The molecule has 1 unspecified atom stereocenters. The van der Waals surface area contributed by atoms with Gasteiger partial charge in [-0.15, -0.1) is 24.0 Å². The lowest BCUT2D eigenvalue weighted by Gasteiger charge is -2.34. The standard InChI is InChI=1S/C20H34N4O3S.HI/c1-16(2)13-24-9-10-27-19(14-24)12-23-20(21-3)22-11-17-5-7-18(8-6-17)15-28(4,25)26;/h5-8,16,19H,9-15H2,1-4H3,(H2,21,22,23);1H. The molecule has 7 nitrogen and oxygen atoms in total. The van der Waals surface area contributed by atoms with Gasteiger partial charge < -0.3 is 15.4 Å². The molecule has 1 heterocycles. The summed E-state index contributed by atoms with van der Waals surface area (Å²) < 4.78 is 28.6. The Hall–Kier alpha value is -0.910. The lowest BCUT2D eigenvalue weighted by atomic mass is 10.1. The van der Waals surface area contributed by atoms with Gasteiger partial charge in [0.1, 0.15) is 0 Å². The summed E-state index contributed by atoms with van der Waals surface area (Å²) in [6.07, 6.45) is 1.40. The number of guanidine groups is 1. The maximum absolute atomic E-state index is 11.4. The summed E-state index contributed by atoms with van der Waals surface area (Å²) in [6.45, 7) is 9.60. The van der Waals surface area contributed by atoms with Gasteiger partial charge in [0.2, 0.25) is 0 Å². The zero-order valence-corrected chi connectivity index (χ0v) is 21.0. The number of nitrogens with one attached hydrogen (secondary N) is 2. The molecular weight excluding hydrogens is 503 g/mol. The fourth-order valence-electron chi connectivity index (χ4n) is 3.26. The van der Waals surface area contributed by atoms with E-state index in [0.717, 1.165) is 43.3 Å². The van der Waals surface area contributed by atoms with E-state index in [9.17, 15) is 8.42 Å². The molecule has 1 fully saturated rings. The maximum atomic E-state index is 11.4. The van der Waals surface area contributed by atoms with Gasteiger partial charge in [-0.25, -0.2) is 8.42 Å². The number of rotatable bonds is 8. The molecule has 2 N–H and O–H groups in total. The van der Waals surface area contributed by atoms with E-state index >= 15 is 0 Å². The van der Waals surface area contributed by atoms with Crippen LogP contribution in [0.5, 0.6) is 0 Å². The fourth-order valence-corrected chi connectivity index (χ4v) is 4.06. The van der Waals surface area contributed by atoms with Crippen LogP contribution >= 0.6 is 24.0 Å². The average Bonchev–Trinajstić information content (AvgIpc) is 2.61. The molecule has 1 saturated heterocycles. The Morgan fingerprint density at radius 1 is 1.24 bits per heavy atom. The Balaban J connectivity index is 0.00000420. The van der Waals surface area contributed by atoms with Crippen molar-refractivity contribution in [1.29, 1.82) is 0 Å². The summed E-state index contributed by atoms with van der Waals surface area (Å²) in [5.41, 5.74) is 1.87. The number of hydrogen-bond donors (Lipinski definition) is 2. The molecule has 2 rings (SSSR count). The van der Waals surface area contributed by atoms with Crippen LogP contribution in [0.15, 0.2) is 29.3 Å². The summed E-state index contributed by atoms with van der Waals surface area (Å²) in [4.78, 5) is 6.72. The summed E-state index contributed by atoms with van der Waals surface area (Å²) in [5.74, 6) is 1.45. The van der Waals surface area contributed by atoms with Crippen molar-refractivity contribution in [1.82, 2.24) is 15.5 Å². The molecule has 1 atom stereocenters. The molecule has 0 aliphatic carbocycles. The van der Waals surface area contributed by atoms with E-state index in [1.165, 1.54) is 6.26 Å². The third-order valence-corrected chi connectivity index (χ3v) is 5.34. The highest BCUT2D eigenvalue weighted by molar-refractivity contribution is 14.0. The number of hydrogen-bond acceptors (Lipinski definition) is 5. The Bertz CT molecular complexity index is 739. The molecule has 0 radical (unpaired) electrons. The van der Waals surface area contributed by atoms with E-state index in [2.05, 4.69) is 34.4 Å². The van der Waals surface area contributed by atoms with Crippen molar-refractivity contribution >= 4 is 39.8 Å². The fraction of sp³-hybridized carbons (Fsp3) is 0.650. The van der Waals surface area contributed by atoms with E-state index in [1.807, 2.05) is 24.3 Å². The van der Waals surface area contributed by atoms with E-state index < -0.39 is 9.84 Å². The Kier molecular flexibility index (Phi) is 11.4. The molecule has 0 bridgehead atoms. The number of sulfone groups is 1. The normalized spacial score (nSPS) is 18.4. The minimum atomic E-state index is -3.01. The number of halogens is 1. The third kappa shape index (κ3) is 10.6. The number of nitrogens with zero attached hydrogens (tertiary/aromatic N) is 2. The van der Waals surface area contributed by atoms with Crippen molar-refractivity contribution in [3.05, 3.63) is 35.4 Å². The molecule has 0 saturated carbocycles. The Labute approximate surface area is 192 Å². The van der Waals surface area contributed by atoms with Crippen molar-refractivity contribution in [2.75, 3.05) is 46.1 Å². The van der Waals surface area contributed by atoms with E-state index in [-0.39, 0.29) is 35.8 Å². The highest BCUT2D eigenvalue weighted by Crippen LogP contribution is 2.09. The molecule has 1 aliphatic rings. The maximum Gasteiger partial charge on any atom is 0.191 e. The zero-order valence-electron chi connectivity index (χ0n) is 17.8. The smallest absolute Gasteiger partial charge is 0.191 e. The number of morpholine rings is 1. The zero-order chi connectivity index (χ0) is 20.6. The monoisotopic (exact) mass is 538 g/mol. The van der Waals surface area contributed by atoms with Gasteiger partial charge in [0.15, 0.2) is 15.8 Å². The lowest BCUT2D eigenvalue weighted by molar-refractivity contribution is -0.0284. The summed E-state index contributed by atoms with van der Waals surface area (Å²) >= 11 is 0. The van der Waals surface area contributed by atoms with Gasteiger partial charge in [-0.05, 0) is 17.0 Å². The molecule has 1 aliphatic heterocycles. The predicted octanol–water partition coefficient (Wildman–Crippen LogP) is 1.87. The molecular formula is C20H35IN4O3S. The first-order chi connectivity index (χ1) is 13.2. The molecule has 0 aromatic heterocycles. The van der Waals surface area contributed by atoms with E-state index in [4.69, 9.17) is 4.74 Å². The van der Waals surface area contributed by atoms with Crippen molar-refractivity contribution in [3.63, 3.8) is 0 Å². The second-order valence-corrected chi connectivity index (χ2v) is 9.98. The van der Waals surface area contributed by atoms with E-state index in [1.54, 1.807) is 7.05 Å². The Morgan fingerprint density at radius 2 is 1.90 bits per heavy atom. The van der Waals surface area contributed by atoms with Crippen LogP contribution in [0.25, 0.3) is 0 Å². The van der Waals surface area contributed by atoms with Crippen molar-refractivity contribution < 1.29 is 13.2 Å². The number of benzene rings is 1. The number of aliphatic imine (C=N–C) groups is 1. The first-order valence-corrected chi connectivity index (χ1v) is 11.8. The SMILES string of the molecule is CN=C(NCc1ccc(CS(C)(=O)=O)cc1)NCC1CN(CC(C)C)CCO1.I. The first kappa shape index (κ1) is 26.1. The van der Waals surface area contributed by atoms with Crippen molar-refractivity contribution in [3.8, 4) is 0 Å². The van der Waals surface area contributed by atoms with Crippen LogP contribution in [0.1, 0.15) is 25.0 Å². The van der Waals surface area contributed by atoms with Gasteiger partial charge in [-0.2, -0.15) is 0 Å². The van der Waals surface area contributed by atoms with Crippen molar-refractivity contribution in [2.24, 2.45) is 10.9 Å². The van der Waals surface area contributed by atoms with Gasteiger partial charge in [-0.1, -0.05) is 38.1 Å². The van der Waals surface area contributed by atoms with Crippen LogP contribution in [0.4, 0.5) is 0 Å². The quantitative estimate of drug-likeness (QED) is 0.299. The lowest BCUT2D eigenvalue weighted by Crippen LogP contribution is -2.50. The topological polar surface area (TPSA) is 83.0 Å². The molecule has 166 valence electrons. The molecule has 9 heteroatoms. The molecule has 1 aromatic rings. The highest BCUT2D eigenvalue weighted by Gasteiger charge is 2.21. The van der Waals surface area contributed by atoms with Crippen LogP contribution in [0.3, 0.4) is 0 Å². The average molecular weight is 538 g/mol. The van der Waals surface area contributed by atoms with Crippen LogP contribution in [0, 0.1) is 5.92 Å². The largest absolute Gasteiger partial charge is 0.374 e.